The second kappa shape index (κ2) is 5.32. The highest BCUT2D eigenvalue weighted by atomic mass is 32.1. The SMILES string of the molecule is CCN(C1CC1)C(CN)c1ccc(C(C)(C)C)s1. The minimum absolute atomic E-state index is 0.249. The van der Waals surface area contributed by atoms with Crippen LogP contribution < -0.4 is 5.73 Å². The van der Waals surface area contributed by atoms with Gasteiger partial charge in [-0.2, -0.15) is 0 Å². The van der Waals surface area contributed by atoms with Gasteiger partial charge in [0, 0.05) is 22.3 Å². The quantitative estimate of drug-likeness (QED) is 0.883. The van der Waals surface area contributed by atoms with Crippen LogP contribution in [-0.4, -0.2) is 24.0 Å². The van der Waals surface area contributed by atoms with Crippen LogP contribution in [0.5, 0.6) is 0 Å². The zero-order valence-corrected chi connectivity index (χ0v) is 12.9. The normalized spacial score (nSPS) is 18.3. The minimum atomic E-state index is 0.249. The van der Waals surface area contributed by atoms with Crippen molar-refractivity contribution in [3.8, 4) is 0 Å². The lowest BCUT2D eigenvalue weighted by Crippen LogP contribution is -2.34. The number of hydrogen-bond donors (Lipinski definition) is 1. The molecule has 0 spiro atoms. The molecule has 1 fully saturated rings. The van der Waals surface area contributed by atoms with Crippen LogP contribution in [0.4, 0.5) is 0 Å². The van der Waals surface area contributed by atoms with Crippen LogP contribution in [0.3, 0.4) is 0 Å². The lowest BCUT2D eigenvalue weighted by atomic mass is 9.95. The van der Waals surface area contributed by atoms with E-state index in [0.717, 1.165) is 19.1 Å². The zero-order valence-electron chi connectivity index (χ0n) is 12.1. The minimum Gasteiger partial charge on any atom is -0.329 e. The first-order valence-electron chi connectivity index (χ1n) is 7.03. The van der Waals surface area contributed by atoms with Gasteiger partial charge in [-0.1, -0.05) is 27.7 Å². The van der Waals surface area contributed by atoms with Gasteiger partial charge in [0.1, 0.15) is 0 Å². The molecule has 2 N–H and O–H groups in total. The van der Waals surface area contributed by atoms with E-state index in [9.17, 15) is 0 Å². The molecule has 1 aromatic heterocycles. The molecular formula is C15H26N2S. The first kappa shape index (κ1) is 14.0. The lowest BCUT2D eigenvalue weighted by Gasteiger charge is -2.29. The van der Waals surface area contributed by atoms with E-state index in [1.165, 1.54) is 22.6 Å². The summed E-state index contributed by atoms with van der Waals surface area (Å²) in [7, 11) is 0. The molecule has 0 radical (unpaired) electrons. The molecular weight excluding hydrogens is 240 g/mol. The highest BCUT2D eigenvalue weighted by Crippen LogP contribution is 2.38. The summed E-state index contributed by atoms with van der Waals surface area (Å²) in [6.07, 6.45) is 2.70. The molecule has 1 aliphatic carbocycles. The van der Waals surface area contributed by atoms with Crippen molar-refractivity contribution in [3.63, 3.8) is 0 Å². The van der Waals surface area contributed by atoms with E-state index in [4.69, 9.17) is 5.73 Å². The molecule has 0 amide bonds. The molecule has 18 heavy (non-hydrogen) atoms. The Morgan fingerprint density at radius 2 is 2.06 bits per heavy atom. The third-order valence-corrected chi connectivity index (χ3v) is 5.31. The van der Waals surface area contributed by atoms with Crippen LogP contribution in [-0.2, 0) is 5.41 Å². The maximum atomic E-state index is 6.03. The van der Waals surface area contributed by atoms with E-state index in [1.807, 2.05) is 11.3 Å². The zero-order chi connectivity index (χ0) is 13.3. The molecule has 1 aromatic rings. The molecule has 3 heteroatoms. The maximum absolute atomic E-state index is 6.03. The largest absolute Gasteiger partial charge is 0.329 e. The first-order valence-corrected chi connectivity index (χ1v) is 7.85. The highest BCUT2D eigenvalue weighted by molar-refractivity contribution is 7.12. The fourth-order valence-corrected chi connectivity index (χ4v) is 3.69. The summed E-state index contributed by atoms with van der Waals surface area (Å²) in [5.41, 5.74) is 6.28. The van der Waals surface area contributed by atoms with Gasteiger partial charge in [-0.25, -0.2) is 0 Å². The van der Waals surface area contributed by atoms with E-state index in [2.05, 4.69) is 44.7 Å². The van der Waals surface area contributed by atoms with Gasteiger partial charge in [0.25, 0.3) is 0 Å². The second-order valence-electron chi connectivity index (χ2n) is 6.27. The van der Waals surface area contributed by atoms with Crippen molar-refractivity contribution in [3.05, 3.63) is 21.9 Å². The highest BCUT2D eigenvalue weighted by Gasteiger charge is 2.33. The van der Waals surface area contributed by atoms with Crippen LogP contribution in [0.25, 0.3) is 0 Å². The average Bonchev–Trinajstić information content (AvgIpc) is 3.00. The van der Waals surface area contributed by atoms with E-state index in [0.29, 0.717) is 6.04 Å². The molecule has 1 heterocycles. The first-order chi connectivity index (χ1) is 8.47. The number of likely N-dealkylation sites (N-methyl/N-ethyl adjacent to an activating group) is 1. The van der Waals surface area contributed by atoms with Crippen molar-refractivity contribution < 1.29 is 0 Å². The second-order valence-corrected chi connectivity index (χ2v) is 7.38. The van der Waals surface area contributed by atoms with Gasteiger partial charge in [0.2, 0.25) is 0 Å². The number of hydrogen-bond acceptors (Lipinski definition) is 3. The van der Waals surface area contributed by atoms with Crippen molar-refractivity contribution >= 4 is 11.3 Å². The molecule has 2 rings (SSSR count). The Morgan fingerprint density at radius 3 is 2.44 bits per heavy atom. The van der Waals surface area contributed by atoms with Crippen LogP contribution in [0.2, 0.25) is 0 Å². The molecule has 0 aliphatic heterocycles. The number of thiophene rings is 1. The summed E-state index contributed by atoms with van der Waals surface area (Å²) >= 11 is 1.94. The van der Waals surface area contributed by atoms with E-state index < -0.39 is 0 Å². The topological polar surface area (TPSA) is 29.3 Å². The molecule has 1 atom stereocenters. The van der Waals surface area contributed by atoms with Crippen molar-refractivity contribution in [2.24, 2.45) is 5.73 Å². The van der Waals surface area contributed by atoms with Gasteiger partial charge >= 0.3 is 0 Å². The lowest BCUT2D eigenvalue weighted by molar-refractivity contribution is 0.205. The standard InChI is InChI=1S/C15H26N2S/c1-5-17(11-6-7-11)12(10-16)13-8-9-14(18-13)15(2,3)4/h8-9,11-12H,5-7,10,16H2,1-4H3. The van der Waals surface area contributed by atoms with Crippen molar-refractivity contribution in [2.75, 3.05) is 13.1 Å². The smallest absolute Gasteiger partial charge is 0.0566 e. The Balaban J connectivity index is 2.19. The van der Waals surface area contributed by atoms with Gasteiger partial charge in [-0.3, -0.25) is 4.90 Å². The Kier molecular flexibility index (Phi) is 4.15. The fraction of sp³-hybridized carbons (Fsp3) is 0.733. The molecule has 2 nitrogen and oxygen atoms in total. The molecule has 1 saturated carbocycles. The summed E-state index contributed by atoms with van der Waals surface area (Å²) in [5.74, 6) is 0. The third kappa shape index (κ3) is 2.95. The number of nitrogens with zero attached hydrogens (tertiary/aromatic N) is 1. The molecule has 0 bridgehead atoms. The average molecular weight is 266 g/mol. The van der Waals surface area contributed by atoms with Crippen molar-refractivity contribution in [1.82, 2.24) is 4.90 Å². The molecule has 102 valence electrons. The fourth-order valence-electron chi connectivity index (χ4n) is 2.49. The predicted molar refractivity (Wildman–Crippen MR) is 80.2 cm³/mol. The van der Waals surface area contributed by atoms with Gasteiger partial charge in [0.05, 0.1) is 6.04 Å². The molecule has 1 unspecified atom stereocenters. The van der Waals surface area contributed by atoms with Crippen molar-refractivity contribution in [2.45, 2.75) is 58.0 Å². The van der Waals surface area contributed by atoms with Gasteiger partial charge in [-0.15, -0.1) is 11.3 Å². The summed E-state index contributed by atoms with van der Waals surface area (Å²) in [6.45, 7) is 10.9. The van der Waals surface area contributed by atoms with Crippen LogP contribution >= 0.6 is 11.3 Å². The summed E-state index contributed by atoms with van der Waals surface area (Å²) in [5, 5.41) is 0. The number of nitrogens with two attached hydrogens (primary N) is 1. The Morgan fingerprint density at radius 1 is 1.39 bits per heavy atom. The Hall–Kier alpha value is -0.380. The Bertz CT molecular complexity index is 387. The van der Waals surface area contributed by atoms with Gasteiger partial charge in [-0.05, 0) is 36.9 Å². The molecule has 0 aromatic carbocycles. The molecule has 1 aliphatic rings. The number of rotatable bonds is 5. The summed E-state index contributed by atoms with van der Waals surface area (Å²) < 4.78 is 0. The monoisotopic (exact) mass is 266 g/mol. The van der Waals surface area contributed by atoms with Crippen molar-refractivity contribution in [1.29, 1.82) is 0 Å². The van der Waals surface area contributed by atoms with E-state index >= 15 is 0 Å². The van der Waals surface area contributed by atoms with Gasteiger partial charge < -0.3 is 5.73 Å². The third-order valence-electron chi connectivity index (χ3n) is 3.70. The van der Waals surface area contributed by atoms with Crippen LogP contribution in [0, 0.1) is 0 Å². The van der Waals surface area contributed by atoms with Gasteiger partial charge in [0.15, 0.2) is 0 Å². The van der Waals surface area contributed by atoms with E-state index in [1.54, 1.807) is 0 Å². The Labute approximate surface area is 115 Å². The predicted octanol–water partition coefficient (Wildman–Crippen LogP) is 3.53. The molecule has 0 saturated heterocycles. The summed E-state index contributed by atoms with van der Waals surface area (Å²) in [6, 6.07) is 5.77. The maximum Gasteiger partial charge on any atom is 0.0566 e. The van der Waals surface area contributed by atoms with E-state index in [-0.39, 0.29) is 5.41 Å². The van der Waals surface area contributed by atoms with Crippen LogP contribution in [0.15, 0.2) is 12.1 Å². The van der Waals surface area contributed by atoms with Crippen LogP contribution in [0.1, 0.15) is 56.3 Å². The summed E-state index contributed by atoms with van der Waals surface area (Å²) in [4.78, 5) is 5.48.